The molecule has 17 heavy (non-hydrogen) atoms. The number of aromatic nitrogens is 1. The van der Waals surface area contributed by atoms with Gasteiger partial charge in [0.05, 0.1) is 19.3 Å². The minimum atomic E-state index is 0.147. The number of hydrogen-bond acceptors (Lipinski definition) is 4. The van der Waals surface area contributed by atoms with Crippen LogP contribution >= 0.6 is 27.3 Å². The van der Waals surface area contributed by atoms with E-state index < -0.39 is 0 Å². The molecule has 1 atom stereocenters. The zero-order chi connectivity index (χ0) is 12.3. The van der Waals surface area contributed by atoms with Crippen molar-refractivity contribution in [3.05, 3.63) is 44.8 Å². The molecule has 1 N–H and O–H groups in total. The highest BCUT2D eigenvalue weighted by Gasteiger charge is 2.14. The molecule has 3 nitrogen and oxygen atoms in total. The number of rotatable bonds is 4. The number of methoxy groups -OCH3 is 1. The molecule has 0 radical (unpaired) electrons. The second kappa shape index (κ2) is 5.62. The Labute approximate surface area is 113 Å². The highest BCUT2D eigenvalue weighted by Crippen LogP contribution is 2.30. The van der Waals surface area contributed by atoms with E-state index in [2.05, 4.69) is 37.7 Å². The van der Waals surface area contributed by atoms with Crippen LogP contribution in [0.3, 0.4) is 0 Å². The monoisotopic (exact) mass is 312 g/mol. The summed E-state index contributed by atoms with van der Waals surface area (Å²) in [4.78, 5) is 5.43. The second-order valence-electron chi connectivity index (χ2n) is 3.55. The fourth-order valence-corrected chi connectivity index (χ4v) is 3.24. The Balaban J connectivity index is 2.34. The molecule has 0 spiro atoms. The van der Waals surface area contributed by atoms with Crippen molar-refractivity contribution in [1.29, 1.82) is 0 Å². The Morgan fingerprint density at radius 1 is 1.41 bits per heavy atom. The van der Waals surface area contributed by atoms with Gasteiger partial charge in [0, 0.05) is 20.9 Å². The lowest BCUT2D eigenvalue weighted by Crippen LogP contribution is -2.16. The molecule has 0 aromatic carbocycles. The summed E-state index contributed by atoms with van der Waals surface area (Å²) in [6.45, 7) is 0. The van der Waals surface area contributed by atoms with Crippen molar-refractivity contribution in [2.24, 2.45) is 0 Å². The van der Waals surface area contributed by atoms with Gasteiger partial charge in [-0.2, -0.15) is 0 Å². The van der Waals surface area contributed by atoms with Crippen molar-refractivity contribution in [2.75, 3.05) is 14.2 Å². The topological polar surface area (TPSA) is 34.2 Å². The van der Waals surface area contributed by atoms with Crippen molar-refractivity contribution in [3.8, 4) is 5.75 Å². The largest absolute Gasteiger partial charge is 0.495 e. The summed E-state index contributed by atoms with van der Waals surface area (Å²) in [5, 5.41) is 5.37. The van der Waals surface area contributed by atoms with Crippen molar-refractivity contribution < 1.29 is 4.74 Å². The average Bonchev–Trinajstić information content (AvgIpc) is 2.77. The van der Waals surface area contributed by atoms with Crippen molar-refractivity contribution in [2.45, 2.75) is 6.04 Å². The van der Waals surface area contributed by atoms with Crippen molar-refractivity contribution >= 4 is 27.3 Å². The number of pyridine rings is 1. The number of thiophene rings is 1. The molecule has 2 heterocycles. The molecule has 0 fully saturated rings. The molecule has 90 valence electrons. The van der Waals surface area contributed by atoms with Crippen LogP contribution in [0.4, 0.5) is 0 Å². The fourth-order valence-electron chi connectivity index (χ4n) is 1.66. The minimum absolute atomic E-state index is 0.147. The van der Waals surface area contributed by atoms with Crippen LogP contribution in [-0.4, -0.2) is 19.1 Å². The minimum Gasteiger partial charge on any atom is -0.495 e. The predicted octanol–water partition coefficient (Wildman–Crippen LogP) is 3.22. The molecule has 0 saturated heterocycles. The molecule has 0 saturated carbocycles. The van der Waals surface area contributed by atoms with Gasteiger partial charge in [0.2, 0.25) is 0 Å². The second-order valence-corrected chi connectivity index (χ2v) is 5.41. The molecular weight excluding hydrogens is 300 g/mol. The SMILES string of the molecule is CNC(c1cncc(OC)c1)c1cc(Br)cs1. The van der Waals surface area contributed by atoms with E-state index in [0.29, 0.717) is 0 Å². The van der Waals surface area contributed by atoms with Gasteiger partial charge < -0.3 is 10.1 Å². The zero-order valence-corrected chi connectivity index (χ0v) is 12.0. The van der Waals surface area contributed by atoms with Crippen LogP contribution in [0.25, 0.3) is 0 Å². The maximum Gasteiger partial charge on any atom is 0.137 e. The van der Waals surface area contributed by atoms with Gasteiger partial charge >= 0.3 is 0 Å². The van der Waals surface area contributed by atoms with Gasteiger partial charge in [-0.3, -0.25) is 4.98 Å². The number of ether oxygens (including phenoxy) is 1. The third-order valence-corrected chi connectivity index (χ3v) is 4.22. The van der Waals surface area contributed by atoms with Crippen LogP contribution in [0, 0.1) is 0 Å². The first-order valence-electron chi connectivity index (χ1n) is 5.14. The standard InChI is InChI=1S/C12H13BrN2OS/c1-14-12(11-4-9(13)7-17-11)8-3-10(16-2)6-15-5-8/h3-7,12,14H,1-2H3. The lowest BCUT2D eigenvalue weighted by atomic mass is 10.1. The average molecular weight is 313 g/mol. The molecule has 5 heteroatoms. The molecule has 0 aliphatic carbocycles. The molecule has 2 rings (SSSR count). The molecule has 2 aromatic heterocycles. The maximum atomic E-state index is 5.19. The van der Waals surface area contributed by atoms with Crippen LogP contribution in [-0.2, 0) is 0 Å². The van der Waals surface area contributed by atoms with Gasteiger partial charge in [0.25, 0.3) is 0 Å². The van der Waals surface area contributed by atoms with E-state index in [0.717, 1.165) is 15.8 Å². The summed E-state index contributed by atoms with van der Waals surface area (Å²) in [5.41, 5.74) is 1.10. The van der Waals surface area contributed by atoms with Crippen LogP contribution in [0.1, 0.15) is 16.5 Å². The normalized spacial score (nSPS) is 12.4. The summed E-state index contributed by atoms with van der Waals surface area (Å²) >= 11 is 5.19. The van der Waals surface area contributed by atoms with E-state index in [-0.39, 0.29) is 6.04 Å². The first-order chi connectivity index (χ1) is 8.24. The summed E-state index contributed by atoms with van der Waals surface area (Å²) in [6.07, 6.45) is 3.57. The number of hydrogen-bond donors (Lipinski definition) is 1. The van der Waals surface area contributed by atoms with E-state index in [9.17, 15) is 0 Å². The number of nitrogens with one attached hydrogen (secondary N) is 1. The molecule has 0 bridgehead atoms. The third-order valence-electron chi connectivity index (χ3n) is 2.46. The molecule has 0 aliphatic rings. The lowest BCUT2D eigenvalue weighted by molar-refractivity contribution is 0.411. The highest BCUT2D eigenvalue weighted by molar-refractivity contribution is 9.10. The number of halogens is 1. The Morgan fingerprint density at radius 3 is 2.82 bits per heavy atom. The molecule has 0 aliphatic heterocycles. The summed E-state index contributed by atoms with van der Waals surface area (Å²) in [5.74, 6) is 0.776. The van der Waals surface area contributed by atoms with Gasteiger partial charge in [-0.15, -0.1) is 11.3 Å². The maximum absolute atomic E-state index is 5.19. The van der Waals surface area contributed by atoms with Crippen LogP contribution in [0.15, 0.2) is 34.4 Å². The lowest BCUT2D eigenvalue weighted by Gasteiger charge is -2.15. The van der Waals surface area contributed by atoms with Crippen LogP contribution in [0.2, 0.25) is 0 Å². The predicted molar refractivity (Wildman–Crippen MR) is 73.7 cm³/mol. The molecule has 0 amide bonds. The summed E-state index contributed by atoms with van der Waals surface area (Å²) in [6, 6.07) is 4.27. The Bertz CT molecular complexity index is 501. The smallest absolute Gasteiger partial charge is 0.137 e. The Kier molecular flexibility index (Phi) is 4.15. The van der Waals surface area contributed by atoms with E-state index in [4.69, 9.17) is 4.74 Å². The summed E-state index contributed by atoms with van der Waals surface area (Å²) < 4.78 is 6.30. The van der Waals surface area contributed by atoms with Gasteiger partial charge in [0.1, 0.15) is 5.75 Å². The van der Waals surface area contributed by atoms with Gasteiger partial charge in [-0.05, 0) is 40.7 Å². The molecule has 1 unspecified atom stereocenters. The fraction of sp³-hybridized carbons (Fsp3) is 0.250. The van der Waals surface area contributed by atoms with Crippen LogP contribution in [0.5, 0.6) is 5.75 Å². The number of nitrogens with zero attached hydrogens (tertiary/aromatic N) is 1. The van der Waals surface area contributed by atoms with E-state index in [1.165, 1.54) is 4.88 Å². The first kappa shape index (κ1) is 12.5. The zero-order valence-electron chi connectivity index (χ0n) is 9.61. The Morgan fingerprint density at radius 2 is 2.24 bits per heavy atom. The van der Waals surface area contributed by atoms with Gasteiger partial charge in [0.15, 0.2) is 0 Å². The molecular formula is C12H13BrN2OS. The summed E-state index contributed by atoms with van der Waals surface area (Å²) in [7, 11) is 3.59. The van der Waals surface area contributed by atoms with Gasteiger partial charge in [-0.1, -0.05) is 0 Å². The van der Waals surface area contributed by atoms with Crippen LogP contribution < -0.4 is 10.1 Å². The van der Waals surface area contributed by atoms with E-state index in [1.807, 2.05) is 19.3 Å². The van der Waals surface area contributed by atoms with Crippen molar-refractivity contribution in [1.82, 2.24) is 10.3 Å². The van der Waals surface area contributed by atoms with E-state index in [1.54, 1.807) is 24.6 Å². The molecule has 2 aromatic rings. The Hall–Kier alpha value is -0.910. The first-order valence-corrected chi connectivity index (χ1v) is 6.82. The van der Waals surface area contributed by atoms with Gasteiger partial charge in [-0.25, -0.2) is 0 Å². The van der Waals surface area contributed by atoms with Crippen molar-refractivity contribution in [3.63, 3.8) is 0 Å². The highest BCUT2D eigenvalue weighted by atomic mass is 79.9. The quantitative estimate of drug-likeness (QED) is 0.941. The third kappa shape index (κ3) is 2.86. The van der Waals surface area contributed by atoms with E-state index >= 15 is 0 Å².